The van der Waals surface area contributed by atoms with E-state index in [1.807, 2.05) is 0 Å². The highest BCUT2D eigenvalue weighted by molar-refractivity contribution is 5.76. The highest BCUT2D eigenvalue weighted by atomic mass is 16.1. The third-order valence-corrected chi connectivity index (χ3v) is 11.7. The third kappa shape index (κ3) is 29.6. The predicted molar refractivity (Wildman–Crippen MR) is 237 cm³/mol. The molecule has 4 nitrogen and oxygen atoms in total. The van der Waals surface area contributed by atoms with E-state index in [1.165, 1.54) is 191 Å². The quantitative estimate of drug-likeness (QED) is 0.0638. The molecule has 0 bridgehead atoms. The SMILES string of the molecule is C/C=C(/CCC(=O)NCCCN(C)CCCN(CCCCCCCCCCCCCC)CCCCCCCCCCCCCC)C1=C(CC)CCC=C1. The van der Waals surface area contributed by atoms with Gasteiger partial charge in [-0.05, 0) is 109 Å². The largest absolute Gasteiger partial charge is 0.356 e. The molecule has 0 aromatic heterocycles. The van der Waals surface area contributed by atoms with Gasteiger partial charge in [-0.1, -0.05) is 186 Å². The Balaban J connectivity index is 2.27. The molecule has 0 atom stereocenters. The average Bonchev–Trinajstić information content (AvgIpc) is 3.17. The van der Waals surface area contributed by atoms with Gasteiger partial charge in [0, 0.05) is 13.0 Å². The Bertz CT molecular complexity index is 893. The number of nitrogens with zero attached hydrogens (tertiary/aromatic N) is 2. The lowest BCUT2D eigenvalue weighted by atomic mass is 9.88. The maximum atomic E-state index is 12.7. The van der Waals surface area contributed by atoms with Crippen molar-refractivity contribution in [2.45, 2.75) is 227 Å². The van der Waals surface area contributed by atoms with Crippen LogP contribution in [0.2, 0.25) is 0 Å². The van der Waals surface area contributed by atoms with Crippen LogP contribution in [-0.2, 0) is 4.79 Å². The van der Waals surface area contributed by atoms with Gasteiger partial charge >= 0.3 is 0 Å². The van der Waals surface area contributed by atoms with E-state index < -0.39 is 0 Å². The smallest absolute Gasteiger partial charge is 0.220 e. The Kier molecular flexibility index (Phi) is 35.1. The number of rotatable bonds is 39. The monoisotopic (exact) mass is 740 g/mol. The van der Waals surface area contributed by atoms with Crippen molar-refractivity contribution in [3.05, 3.63) is 34.9 Å². The first-order valence-corrected chi connectivity index (χ1v) is 23.8. The zero-order valence-electron chi connectivity index (χ0n) is 36.7. The molecule has 0 spiro atoms. The van der Waals surface area contributed by atoms with Crippen molar-refractivity contribution in [3.63, 3.8) is 0 Å². The van der Waals surface area contributed by atoms with Crippen molar-refractivity contribution < 1.29 is 4.79 Å². The number of carbonyl (C=O) groups is 1. The van der Waals surface area contributed by atoms with Crippen molar-refractivity contribution in [1.82, 2.24) is 15.1 Å². The average molecular weight is 740 g/mol. The second kappa shape index (κ2) is 37.5. The standard InChI is InChI=1S/C49H93N3O/c1-6-10-12-14-16-18-20-22-24-26-28-32-43-52(44-33-29-27-25-23-21-19-17-15-13-11-7-2)45-35-42-51(5)41-34-40-50-49(53)39-38-47(9-4)48-37-31-30-36-46(48)8-3/h9,31,37H,6-8,10-30,32-36,38-45H2,1-5H3,(H,50,53)/b47-9-. The normalized spacial score (nSPS) is 13.6. The van der Waals surface area contributed by atoms with Crippen LogP contribution >= 0.6 is 0 Å². The zero-order valence-corrected chi connectivity index (χ0v) is 36.7. The summed E-state index contributed by atoms with van der Waals surface area (Å²) in [5, 5.41) is 3.20. The molecule has 0 unspecified atom stereocenters. The zero-order chi connectivity index (χ0) is 38.5. The number of amides is 1. The van der Waals surface area contributed by atoms with Crippen LogP contribution in [0.15, 0.2) is 34.9 Å². The minimum Gasteiger partial charge on any atom is -0.356 e. The summed E-state index contributed by atoms with van der Waals surface area (Å²) in [6.45, 7) is 15.8. The van der Waals surface area contributed by atoms with Gasteiger partial charge in [0.15, 0.2) is 0 Å². The van der Waals surface area contributed by atoms with Gasteiger partial charge in [-0.15, -0.1) is 0 Å². The van der Waals surface area contributed by atoms with Crippen LogP contribution in [0.5, 0.6) is 0 Å². The van der Waals surface area contributed by atoms with E-state index in [0.717, 1.165) is 51.7 Å². The maximum Gasteiger partial charge on any atom is 0.220 e. The van der Waals surface area contributed by atoms with Crippen LogP contribution < -0.4 is 5.32 Å². The Hall–Kier alpha value is -1.39. The predicted octanol–water partition coefficient (Wildman–Crippen LogP) is 14.3. The summed E-state index contributed by atoms with van der Waals surface area (Å²) >= 11 is 0. The van der Waals surface area contributed by atoms with Crippen LogP contribution in [0, 0.1) is 0 Å². The summed E-state index contributed by atoms with van der Waals surface area (Å²) in [6, 6.07) is 0. The molecule has 1 rings (SSSR count). The highest BCUT2D eigenvalue weighted by Gasteiger charge is 2.13. The van der Waals surface area contributed by atoms with Gasteiger partial charge in [0.2, 0.25) is 5.91 Å². The van der Waals surface area contributed by atoms with Crippen molar-refractivity contribution in [3.8, 4) is 0 Å². The number of carbonyl (C=O) groups excluding carboxylic acids is 1. The first kappa shape index (κ1) is 49.6. The molecule has 0 aliphatic heterocycles. The fourth-order valence-corrected chi connectivity index (χ4v) is 8.12. The topological polar surface area (TPSA) is 35.6 Å². The van der Waals surface area contributed by atoms with Crippen LogP contribution in [0.4, 0.5) is 0 Å². The van der Waals surface area contributed by atoms with E-state index >= 15 is 0 Å². The molecule has 0 aromatic rings. The molecule has 1 aliphatic carbocycles. The fraction of sp³-hybridized carbons (Fsp3) is 0.857. The lowest BCUT2D eigenvalue weighted by Crippen LogP contribution is -2.31. The molecule has 1 amide bonds. The lowest BCUT2D eigenvalue weighted by Gasteiger charge is -2.24. The summed E-state index contributed by atoms with van der Waals surface area (Å²) < 4.78 is 0. The van der Waals surface area contributed by atoms with Gasteiger partial charge in [0.05, 0.1) is 0 Å². The minimum absolute atomic E-state index is 0.191. The number of hydrogen-bond acceptors (Lipinski definition) is 3. The van der Waals surface area contributed by atoms with E-state index in [9.17, 15) is 4.79 Å². The minimum atomic E-state index is 0.191. The van der Waals surface area contributed by atoms with Gasteiger partial charge in [-0.25, -0.2) is 0 Å². The van der Waals surface area contributed by atoms with Gasteiger partial charge in [0.1, 0.15) is 0 Å². The summed E-state index contributed by atoms with van der Waals surface area (Å²) in [6.07, 6.45) is 48.1. The molecule has 0 fully saturated rings. The van der Waals surface area contributed by atoms with Gasteiger partial charge in [-0.2, -0.15) is 0 Å². The van der Waals surface area contributed by atoms with Crippen molar-refractivity contribution >= 4 is 5.91 Å². The fourth-order valence-electron chi connectivity index (χ4n) is 8.12. The molecule has 0 saturated carbocycles. The second-order valence-electron chi connectivity index (χ2n) is 16.6. The number of nitrogens with one attached hydrogen (secondary N) is 1. The van der Waals surface area contributed by atoms with Crippen LogP contribution in [-0.4, -0.2) is 62.0 Å². The first-order chi connectivity index (χ1) is 26.0. The molecule has 4 heteroatoms. The summed E-state index contributed by atoms with van der Waals surface area (Å²) in [7, 11) is 2.26. The molecule has 53 heavy (non-hydrogen) atoms. The maximum absolute atomic E-state index is 12.7. The Morgan fingerprint density at radius 2 is 1.06 bits per heavy atom. The van der Waals surface area contributed by atoms with E-state index in [2.05, 4.69) is 68.1 Å². The van der Waals surface area contributed by atoms with Gasteiger partial charge in [0.25, 0.3) is 0 Å². The summed E-state index contributed by atoms with van der Waals surface area (Å²) in [4.78, 5) is 17.9. The third-order valence-electron chi connectivity index (χ3n) is 11.7. The summed E-state index contributed by atoms with van der Waals surface area (Å²) in [5.41, 5.74) is 4.26. The molecular formula is C49H93N3O. The molecule has 1 aliphatic rings. The molecule has 1 N–H and O–H groups in total. The van der Waals surface area contributed by atoms with E-state index in [1.54, 1.807) is 5.57 Å². The number of unbranched alkanes of at least 4 members (excludes halogenated alkanes) is 22. The van der Waals surface area contributed by atoms with Crippen LogP contribution in [0.3, 0.4) is 0 Å². The Labute approximate surface area is 332 Å². The summed E-state index contributed by atoms with van der Waals surface area (Å²) in [5.74, 6) is 0.191. The Morgan fingerprint density at radius 1 is 0.604 bits per heavy atom. The van der Waals surface area contributed by atoms with Gasteiger partial charge in [-0.3, -0.25) is 4.79 Å². The molecule has 310 valence electrons. The van der Waals surface area contributed by atoms with Crippen molar-refractivity contribution in [2.75, 3.05) is 46.3 Å². The van der Waals surface area contributed by atoms with Crippen molar-refractivity contribution in [1.29, 1.82) is 0 Å². The van der Waals surface area contributed by atoms with E-state index in [0.29, 0.717) is 6.42 Å². The lowest BCUT2D eigenvalue weighted by molar-refractivity contribution is -0.121. The highest BCUT2D eigenvalue weighted by Crippen LogP contribution is 2.29. The van der Waals surface area contributed by atoms with Crippen LogP contribution in [0.1, 0.15) is 227 Å². The number of allylic oxidation sites excluding steroid dienone is 6. The molecule has 0 heterocycles. The second-order valence-corrected chi connectivity index (χ2v) is 16.6. The van der Waals surface area contributed by atoms with Crippen LogP contribution in [0.25, 0.3) is 0 Å². The number of hydrogen-bond donors (Lipinski definition) is 1. The van der Waals surface area contributed by atoms with Gasteiger partial charge < -0.3 is 15.1 Å². The molecule has 0 aromatic carbocycles. The first-order valence-electron chi connectivity index (χ1n) is 23.8. The van der Waals surface area contributed by atoms with E-state index in [-0.39, 0.29) is 5.91 Å². The Morgan fingerprint density at radius 3 is 1.53 bits per heavy atom. The molecule has 0 radical (unpaired) electrons. The molecular weight excluding hydrogens is 647 g/mol. The van der Waals surface area contributed by atoms with Crippen molar-refractivity contribution in [2.24, 2.45) is 0 Å². The van der Waals surface area contributed by atoms with E-state index in [4.69, 9.17) is 0 Å². The molecule has 0 saturated heterocycles.